The summed E-state index contributed by atoms with van der Waals surface area (Å²) < 4.78 is 36.7. The van der Waals surface area contributed by atoms with E-state index in [1.165, 1.54) is 11.1 Å². The van der Waals surface area contributed by atoms with Crippen molar-refractivity contribution >= 4 is 15.9 Å². The van der Waals surface area contributed by atoms with Crippen molar-refractivity contribution in [3.8, 4) is 5.75 Å². The van der Waals surface area contributed by atoms with Crippen molar-refractivity contribution in [1.29, 1.82) is 0 Å². The number of benzene rings is 2. The number of hydrogen-bond donors (Lipinski definition) is 0. The van der Waals surface area contributed by atoms with Crippen molar-refractivity contribution in [2.24, 2.45) is 17.3 Å². The summed E-state index contributed by atoms with van der Waals surface area (Å²) in [5.41, 5.74) is 3.47. The average Bonchev–Trinajstić information content (AvgIpc) is 2.79. The van der Waals surface area contributed by atoms with Crippen LogP contribution in [0.15, 0.2) is 47.4 Å². The molecule has 2 aromatic rings. The van der Waals surface area contributed by atoms with E-state index in [9.17, 15) is 13.2 Å². The van der Waals surface area contributed by atoms with Gasteiger partial charge in [0.1, 0.15) is 11.5 Å². The molecular weight excluding hydrogens is 436 g/mol. The second kappa shape index (κ2) is 8.24. The van der Waals surface area contributed by atoms with E-state index in [2.05, 4.69) is 19.1 Å². The number of hydrogen-bond acceptors (Lipinski definition) is 5. The van der Waals surface area contributed by atoms with Crippen LogP contribution in [-0.4, -0.2) is 27.4 Å². The van der Waals surface area contributed by atoms with Gasteiger partial charge < -0.3 is 4.74 Å². The molecule has 2 fully saturated rings. The molecule has 176 valence electrons. The Morgan fingerprint density at radius 2 is 1.82 bits per heavy atom. The standard InChI is InChI=1S/C27H32O5S/c1-17-4-8-21(9-5-17)33(29,30)32-20-12-13-27(2)24-11-6-18-14-19(31-3)7-10-22(18)23(24)16-26(28)25(27)15-20/h4-5,7-10,14,20,23-25H,6,11-13,15-16H2,1-3H3/t20-,23+,24+,25+,27-/m1/s1. The molecule has 0 N–H and O–H groups in total. The van der Waals surface area contributed by atoms with E-state index in [1.807, 2.05) is 13.0 Å². The Bertz CT molecular complexity index is 1170. The molecule has 5 rings (SSSR count). The fourth-order valence-corrected chi connectivity index (χ4v) is 7.80. The summed E-state index contributed by atoms with van der Waals surface area (Å²) >= 11 is 0. The normalized spacial score (nSPS) is 31.3. The Hall–Kier alpha value is -2.18. The first kappa shape index (κ1) is 22.6. The SMILES string of the molecule is COc1ccc2c(c1)CC[C@H]1[C@H]2CC(=O)[C@@H]2C[C@H](OS(=O)(=O)c3ccc(C)cc3)CC[C@@]21C. The fraction of sp³-hybridized carbons (Fsp3) is 0.519. The van der Waals surface area contributed by atoms with Gasteiger partial charge in [-0.3, -0.25) is 8.98 Å². The highest BCUT2D eigenvalue weighted by Gasteiger charge is 2.56. The largest absolute Gasteiger partial charge is 0.497 e. The lowest BCUT2D eigenvalue weighted by Crippen LogP contribution is -2.52. The minimum atomic E-state index is -3.84. The van der Waals surface area contributed by atoms with Crippen LogP contribution in [-0.2, 0) is 25.5 Å². The summed E-state index contributed by atoms with van der Waals surface area (Å²) in [4.78, 5) is 13.6. The van der Waals surface area contributed by atoms with Crippen molar-refractivity contribution in [2.45, 2.75) is 69.3 Å². The molecule has 0 aromatic heterocycles. The molecule has 5 nitrogen and oxygen atoms in total. The lowest BCUT2D eigenvalue weighted by Gasteiger charge is -2.55. The Morgan fingerprint density at radius 1 is 1.06 bits per heavy atom. The summed E-state index contributed by atoms with van der Waals surface area (Å²) in [5, 5.41) is 0. The lowest BCUT2D eigenvalue weighted by atomic mass is 9.48. The van der Waals surface area contributed by atoms with Gasteiger partial charge in [-0.2, -0.15) is 8.42 Å². The van der Waals surface area contributed by atoms with Gasteiger partial charge in [0.2, 0.25) is 0 Å². The molecule has 5 atom stereocenters. The number of carbonyl (C=O) groups excluding carboxylic acids is 1. The third-order valence-corrected chi connectivity index (χ3v) is 9.86. The van der Waals surface area contributed by atoms with Crippen LogP contribution in [0.4, 0.5) is 0 Å². The molecule has 6 heteroatoms. The van der Waals surface area contributed by atoms with Gasteiger partial charge >= 0.3 is 0 Å². The predicted octanol–water partition coefficient (Wildman–Crippen LogP) is 5.20. The van der Waals surface area contributed by atoms with Crippen LogP contribution >= 0.6 is 0 Å². The maximum atomic E-state index is 13.4. The highest BCUT2D eigenvalue weighted by molar-refractivity contribution is 7.86. The lowest BCUT2D eigenvalue weighted by molar-refractivity contribution is -0.142. The summed E-state index contributed by atoms with van der Waals surface area (Å²) in [6.45, 7) is 4.17. The van der Waals surface area contributed by atoms with Crippen LogP contribution in [0.1, 0.15) is 61.6 Å². The second-order valence-electron chi connectivity index (χ2n) is 10.3. The Labute approximate surface area is 196 Å². The molecule has 0 heterocycles. The smallest absolute Gasteiger partial charge is 0.297 e. The molecule has 2 aromatic carbocycles. The van der Waals surface area contributed by atoms with Gasteiger partial charge in [0, 0.05) is 12.3 Å². The number of ketones is 1. The number of rotatable bonds is 4. The van der Waals surface area contributed by atoms with E-state index in [0.29, 0.717) is 25.2 Å². The third-order valence-electron chi connectivity index (χ3n) is 8.49. The molecule has 0 saturated heterocycles. The molecule has 0 unspecified atom stereocenters. The van der Waals surface area contributed by atoms with Gasteiger partial charge in [-0.1, -0.05) is 30.7 Å². The second-order valence-corrected chi connectivity index (χ2v) is 11.9. The summed E-state index contributed by atoms with van der Waals surface area (Å²) in [6.07, 6.45) is 4.08. The van der Waals surface area contributed by atoms with Gasteiger partial charge in [0.05, 0.1) is 18.1 Å². The van der Waals surface area contributed by atoms with E-state index >= 15 is 0 Å². The molecule has 0 aliphatic heterocycles. The maximum Gasteiger partial charge on any atom is 0.297 e. The molecule has 3 aliphatic carbocycles. The van der Waals surface area contributed by atoms with E-state index in [4.69, 9.17) is 8.92 Å². The first-order valence-electron chi connectivity index (χ1n) is 11.9. The van der Waals surface area contributed by atoms with Crippen molar-refractivity contribution in [3.63, 3.8) is 0 Å². The summed E-state index contributed by atoms with van der Waals surface area (Å²) in [5.74, 6) is 1.64. The van der Waals surface area contributed by atoms with Crippen LogP contribution in [0.3, 0.4) is 0 Å². The van der Waals surface area contributed by atoms with Gasteiger partial charge in [-0.25, -0.2) is 0 Å². The zero-order valence-corrected chi connectivity index (χ0v) is 20.4. The zero-order chi connectivity index (χ0) is 23.4. The maximum absolute atomic E-state index is 13.4. The minimum Gasteiger partial charge on any atom is -0.497 e. The van der Waals surface area contributed by atoms with Crippen LogP contribution in [0.2, 0.25) is 0 Å². The van der Waals surface area contributed by atoms with Gasteiger partial charge in [0.15, 0.2) is 0 Å². The van der Waals surface area contributed by atoms with E-state index in [-0.39, 0.29) is 27.9 Å². The molecule has 0 bridgehead atoms. The minimum absolute atomic E-state index is 0.120. The number of aryl methyl sites for hydroxylation is 2. The first-order valence-corrected chi connectivity index (χ1v) is 13.3. The topological polar surface area (TPSA) is 69.7 Å². The number of methoxy groups -OCH3 is 1. The first-order chi connectivity index (χ1) is 15.7. The van der Waals surface area contributed by atoms with Crippen molar-refractivity contribution in [1.82, 2.24) is 0 Å². The van der Waals surface area contributed by atoms with Gasteiger partial charge in [0.25, 0.3) is 10.1 Å². The quantitative estimate of drug-likeness (QED) is 0.577. The number of carbonyl (C=O) groups is 1. The highest BCUT2D eigenvalue weighted by Crippen LogP contribution is 2.60. The highest BCUT2D eigenvalue weighted by atomic mass is 32.2. The Balaban J connectivity index is 1.36. The average molecular weight is 469 g/mol. The summed E-state index contributed by atoms with van der Waals surface area (Å²) in [7, 11) is -2.16. The van der Waals surface area contributed by atoms with E-state index in [1.54, 1.807) is 31.4 Å². The van der Waals surface area contributed by atoms with Gasteiger partial charge in [-0.15, -0.1) is 0 Å². The zero-order valence-electron chi connectivity index (χ0n) is 19.5. The monoisotopic (exact) mass is 468 g/mol. The molecule has 33 heavy (non-hydrogen) atoms. The summed E-state index contributed by atoms with van der Waals surface area (Å²) in [6, 6.07) is 13.0. The van der Waals surface area contributed by atoms with E-state index < -0.39 is 16.2 Å². The number of ether oxygens (including phenoxy) is 1. The molecule has 0 amide bonds. The van der Waals surface area contributed by atoms with Crippen molar-refractivity contribution in [3.05, 3.63) is 59.2 Å². The van der Waals surface area contributed by atoms with Crippen LogP contribution in [0, 0.1) is 24.2 Å². The Morgan fingerprint density at radius 3 is 2.55 bits per heavy atom. The third kappa shape index (κ3) is 3.91. The molecule has 2 saturated carbocycles. The van der Waals surface area contributed by atoms with Crippen LogP contribution < -0.4 is 4.74 Å². The van der Waals surface area contributed by atoms with Crippen molar-refractivity contribution < 1.29 is 22.1 Å². The number of Topliss-reactive ketones (excluding diaryl/α,β-unsaturated/α-hetero) is 1. The molecule has 0 spiro atoms. The van der Waals surface area contributed by atoms with Crippen molar-refractivity contribution in [2.75, 3.05) is 7.11 Å². The van der Waals surface area contributed by atoms with E-state index in [0.717, 1.165) is 30.6 Å². The predicted molar refractivity (Wildman–Crippen MR) is 126 cm³/mol. The number of fused-ring (bicyclic) bond motifs is 5. The molecule has 0 radical (unpaired) electrons. The van der Waals surface area contributed by atoms with Crippen LogP contribution in [0.25, 0.3) is 0 Å². The fourth-order valence-electron chi connectivity index (χ4n) is 6.68. The Kier molecular flexibility index (Phi) is 5.65. The molecule has 3 aliphatic rings. The van der Waals surface area contributed by atoms with Crippen LogP contribution in [0.5, 0.6) is 5.75 Å². The molecular formula is C27H32O5S. The van der Waals surface area contributed by atoms with Gasteiger partial charge in [-0.05, 0) is 91.7 Å².